The summed E-state index contributed by atoms with van der Waals surface area (Å²) < 4.78 is 11.9. The summed E-state index contributed by atoms with van der Waals surface area (Å²) in [5.74, 6) is -0.648. The van der Waals surface area contributed by atoms with Crippen molar-refractivity contribution in [2.24, 2.45) is 0 Å². The van der Waals surface area contributed by atoms with Crippen LogP contribution in [-0.2, 0) is 19.1 Å². The molecule has 2 heterocycles. The molecule has 1 aliphatic heterocycles. The minimum absolute atomic E-state index is 0.0297. The summed E-state index contributed by atoms with van der Waals surface area (Å²) in [4.78, 5) is 24.5. The number of amides is 1. The van der Waals surface area contributed by atoms with Gasteiger partial charge in [0.2, 0.25) is 0 Å². The molecule has 1 aliphatic rings. The van der Waals surface area contributed by atoms with Gasteiger partial charge in [0, 0.05) is 13.2 Å². The van der Waals surface area contributed by atoms with E-state index in [-0.39, 0.29) is 17.7 Å². The van der Waals surface area contributed by atoms with Crippen LogP contribution in [0.4, 0.5) is 0 Å². The molecule has 1 aromatic carbocycles. The molecule has 1 N–H and O–H groups in total. The summed E-state index contributed by atoms with van der Waals surface area (Å²) in [6.45, 7) is 2.41. The van der Waals surface area contributed by atoms with Crippen molar-refractivity contribution in [2.75, 3.05) is 19.8 Å². The van der Waals surface area contributed by atoms with Crippen LogP contribution in [0.5, 0.6) is 0 Å². The first-order chi connectivity index (χ1) is 13.1. The van der Waals surface area contributed by atoms with Gasteiger partial charge >= 0.3 is 5.97 Å². The molecule has 1 fully saturated rings. The van der Waals surface area contributed by atoms with Gasteiger partial charge in [0.25, 0.3) is 5.91 Å². The number of aromatic nitrogens is 4. The second-order valence-electron chi connectivity index (χ2n) is 6.09. The highest BCUT2D eigenvalue weighted by molar-refractivity contribution is 6.15. The van der Waals surface area contributed by atoms with E-state index in [1.54, 1.807) is 13.0 Å². The SMILES string of the molecule is Cc1nnnn1/C(=C\c1ccccc1)C(=O)OCC(=O)NC[C@H]1CCCO1. The van der Waals surface area contributed by atoms with E-state index in [2.05, 4.69) is 20.8 Å². The van der Waals surface area contributed by atoms with Crippen LogP contribution in [0.15, 0.2) is 30.3 Å². The zero-order chi connectivity index (χ0) is 19.1. The summed E-state index contributed by atoms with van der Waals surface area (Å²) >= 11 is 0. The van der Waals surface area contributed by atoms with Gasteiger partial charge in [0.05, 0.1) is 6.10 Å². The number of carbonyl (C=O) groups excluding carboxylic acids is 2. The highest BCUT2D eigenvalue weighted by Gasteiger charge is 2.20. The molecule has 2 aromatic rings. The van der Waals surface area contributed by atoms with E-state index >= 15 is 0 Å². The summed E-state index contributed by atoms with van der Waals surface area (Å²) in [6, 6.07) is 9.23. The number of hydrogen-bond acceptors (Lipinski definition) is 7. The van der Waals surface area contributed by atoms with Crippen LogP contribution >= 0.6 is 0 Å². The highest BCUT2D eigenvalue weighted by Crippen LogP contribution is 2.14. The summed E-state index contributed by atoms with van der Waals surface area (Å²) in [5, 5.41) is 13.9. The number of tetrazole rings is 1. The van der Waals surface area contributed by atoms with Crippen molar-refractivity contribution in [1.29, 1.82) is 0 Å². The van der Waals surface area contributed by atoms with E-state index < -0.39 is 12.6 Å². The summed E-state index contributed by atoms with van der Waals surface area (Å²) in [7, 11) is 0. The van der Waals surface area contributed by atoms with Crippen molar-refractivity contribution < 1.29 is 19.1 Å². The van der Waals surface area contributed by atoms with Gasteiger partial charge in [0.1, 0.15) is 0 Å². The topological polar surface area (TPSA) is 108 Å². The predicted octanol–water partition coefficient (Wildman–Crippen LogP) is 0.818. The molecule has 1 aromatic heterocycles. The molecule has 9 heteroatoms. The van der Waals surface area contributed by atoms with Crippen molar-refractivity contribution in [1.82, 2.24) is 25.5 Å². The molecule has 27 heavy (non-hydrogen) atoms. The number of carbonyl (C=O) groups is 2. The number of ether oxygens (including phenoxy) is 2. The van der Waals surface area contributed by atoms with E-state index in [0.29, 0.717) is 19.0 Å². The van der Waals surface area contributed by atoms with Crippen LogP contribution in [0.3, 0.4) is 0 Å². The van der Waals surface area contributed by atoms with Gasteiger partial charge in [-0.25, -0.2) is 4.79 Å². The first kappa shape index (κ1) is 18.7. The van der Waals surface area contributed by atoms with Gasteiger partial charge in [-0.3, -0.25) is 4.79 Å². The summed E-state index contributed by atoms with van der Waals surface area (Å²) in [5.41, 5.74) is 0.901. The Morgan fingerprint density at radius 3 is 2.85 bits per heavy atom. The smallest absolute Gasteiger partial charge is 0.357 e. The van der Waals surface area contributed by atoms with E-state index in [1.165, 1.54) is 4.68 Å². The largest absolute Gasteiger partial charge is 0.451 e. The molecule has 9 nitrogen and oxygen atoms in total. The fourth-order valence-electron chi connectivity index (χ4n) is 2.66. The Balaban J connectivity index is 1.64. The predicted molar refractivity (Wildman–Crippen MR) is 96.1 cm³/mol. The molecule has 1 atom stereocenters. The van der Waals surface area contributed by atoms with Crippen molar-refractivity contribution in [3.8, 4) is 0 Å². The third kappa shape index (κ3) is 5.20. The van der Waals surface area contributed by atoms with Crippen molar-refractivity contribution in [3.63, 3.8) is 0 Å². The van der Waals surface area contributed by atoms with Crippen LogP contribution in [0.1, 0.15) is 24.2 Å². The fraction of sp³-hybridized carbons (Fsp3) is 0.389. The Bertz CT molecular complexity index is 812. The Labute approximate surface area is 156 Å². The first-order valence-electron chi connectivity index (χ1n) is 8.71. The molecule has 0 unspecified atom stereocenters. The molecule has 1 saturated heterocycles. The average Bonchev–Trinajstić information content (AvgIpc) is 3.35. The molecule has 0 saturated carbocycles. The van der Waals surface area contributed by atoms with Crippen molar-refractivity contribution in [3.05, 3.63) is 41.7 Å². The van der Waals surface area contributed by atoms with Crippen molar-refractivity contribution >= 4 is 23.6 Å². The number of benzene rings is 1. The number of rotatable bonds is 7. The maximum Gasteiger partial charge on any atom is 0.357 e. The third-order valence-corrected chi connectivity index (χ3v) is 4.05. The lowest BCUT2D eigenvalue weighted by atomic mass is 10.2. The highest BCUT2D eigenvalue weighted by atomic mass is 16.5. The normalized spacial score (nSPS) is 16.9. The molecular formula is C18H21N5O4. The molecule has 0 radical (unpaired) electrons. The summed E-state index contributed by atoms with van der Waals surface area (Å²) in [6.07, 6.45) is 3.55. The molecule has 0 spiro atoms. The van der Waals surface area contributed by atoms with Gasteiger partial charge in [-0.1, -0.05) is 30.3 Å². The third-order valence-electron chi connectivity index (χ3n) is 4.05. The van der Waals surface area contributed by atoms with E-state index in [9.17, 15) is 9.59 Å². The van der Waals surface area contributed by atoms with Crippen LogP contribution in [0.25, 0.3) is 11.8 Å². The molecule has 3 rings (SSSR count). The van der Waals surface area contributed by atoms with Crippen LogP contribution in [0.2, 0.25) is 0 Å². The number of aryl methyl sites for hydroxylation is 1. The Hall–Kier alpha value is -3.07. The van der Waals surface area contributed by atoms with Crippen LogP contribution in [0, 0.1) is 6.92 Å². The van der Waals surface area contributed by atoms with Crippen molar-refractivity contribution in [2.45, 2.75) is 25.9 Å². The lowest BCUT2D eigenvalue weighted by Crippen LogP contribution is -2.35. The van der Waals surface area contributed by atoms with E-state index in [4.69, 9.17) is 9.47 Å². The first-order valence-corrected chi connectivity index (χ1v) is 8.71. The molecule has 1 amide bonds. The molecule has 0 bridgehead atoms. The fourth-order valence-corrected chi connectivity index (χ4v) is 2.66. The minimum Gasteiger partial charge on any atom is -0.451 e. The van der Waals surface area contributed by atoms with E-state index in [1.807, 2.05) is 30.3 Å². The Kier molecular flexibility index (Phi) is 6.26. The van der Waals surface area contributed by atoms with Crippen LogP contribution in [-0.4, -0.2) is 57.9 Å². The van der Waals surface area contributed by atoms with Gasteiger partial charge in [0.15, 0.2) is 18.1 Å². The molecular weight excluding hydrogens is 350 g/mol. The second kappa shape index (κ2) is 9.04. The zero-order valence-electron chi connectivity index (χ0n) is 15.0. The maximum absolute atomic E-state index is 12.6. The van der Waals surface area contributed by atoms with Gasteiger partial charge in [-0.15, -0.1) is 5.10 Å². The standard InChI is InChI=1S/C18H21N5O4/c1-13-20-21-22-23(13)16(10-14-6-3-2-4-7-14)18(25)27-12-17(24)19-11-15-8-5-9-26-15/h2-4,6-7,10,15H,5,8-9,11-12H2,1H3,(H,19,24)/b16-10-/t15-/m1/s1. The zero-order valence-corrected chi connectivity index (χ0v) is 15.0. The van der Waals surface area contributed by atoms with Gasteiger partial charge in [-0.05, 0) is 41.8 Å². The number of hydrogen-bond donors (Lipinski definition) is 1. The van der Waals surface area contributed by atoms with Gasteiger partial charge < -0.3 is 14.8 Å². The molecule has 0 aliphatic carbocycles. The van der Waals surface area contributed by atoms with Crippen LogP contribution < -0.4 is 5.32 Å². The Morgan fingerprint density at radius 1 is 1.37 bits per heavy atom. The monoisotopic (exact) mass is 371 g/mol. The Morgan fingerprint density at radius 2 is 2.19 bits per heavy atom. The van der Waals surface area contributed by atoms with Gasteiger partial charge in [-0.2, -0.15) is 4.68 Å². The second-order valence-corrected chi connectivity index (χ2v) is 6.09. The lowest BCUT2D eigenvalue weighted by Gasteiger charge is -2.12. The maximum atomic E-state index is 12.6. The number of esters is 1. The number of nitrogens with zero attached hydrogens (tertiary/aromatic N) is 4. The number of nitrogens with one attached hydrogen (secondary N) is 1. The quantitative estimate of drug-likeness (QED) is 0.567. The van der Waals surface area contributed by atoms with E-state index in [0.717, 1.165) is 18.4 Å². The average molecular weight is 371 g/mol. The lowest BCUT2D eigenvalue weighted by molar-refractivity contribution is -0.143. The minimum atomic E-state index is -0.693. The molecule has 142 valence electrons.